The van der Waals surface area contributed by atoms with Crippen molar-refractivity contribution >= 4 is 17.3 Å². The molecule has 7 heteroatoms. The van der Waals surface area contributed by atoms with Crippen LogP contribution in [0, 0.1) is 0 Å². The Morgan fingerprint density at radius 3 is 2.50 bits per heavy atom. The normalized spacial score (nSPS) is 10.2. The fourth-order valence-corrected chi connectivity index (χ4v) is 1.77. The molecule has 0 spiro atoms. The molecule has 0 aliphatic heterocycles. The highest BCUT2D eigenvalue weighted by atomic mass is 16.5. The lowest BCUT2D eigenvalue weighted by molar-refractivity contribution is 0.101. The van der Waals surface area contributed by atoms with E-state index in [0.29, 0.717) is 28.6 Å². The summed E-state index contributed by atoms with van der Waals surface area (Å²) in [5.41, 5.74) is 7.16. The molecule has 0 aliphatic carbocycles. The Bertz CT molecular complexity index is 637. The number of hydrogen-bond donors (Lipinski definition) is 2. The molecule has 3 N–H and O–H groups in total. The summed E-state index contributed by atoms with van der Waals surface area (Å²) in [6.45, 7) is 0. The summed E-state index contributed by atoms with van der Waals surface area (Å²) >= 11 is 0. The minimum atomic E-state index is -0.302. The quantitative estimate of drug-likeness (QED) is 0.821. The number of methoxy groups -OCH3 is 2. The molecule has 0 fully saturated rings. The van der Waals surface area contributed by atoms with Gasteiger partial charge >= 0.3 is 0 Å². The lowest BCUT2D eigenvalue weighted by Crippen LogP contribution is -2.16. The van der Waals surface area contributed by atoms with E-state index in [4.69, 9.17) is 15.2 Å². The number of amides is 1. The molecule has 0 saturated heterocycles. The Hall–Kier alpha value is -2.70. The Morgan fingerprint density at radius 1 is 1.30 bits per heavy atom. The number of nitrogens with one attached hydrogen (secondary N) is 1. The molecule has 20 heavy (non-hydrogen) atoms. The molecule has 106 valence electrons. The van der Waals surface area contributed by atoms with Crippen molar-refractivity contribution in [2.24, 2.45) is 7.05 Å². The highest BCUT2D eigenvalue weighted by molar-refractivity contribution is 6.04. The fourth-order valence-electron chi connectivity index (χ4n) is 1.77. The molecule has 0 saturated carbocycles. The number of nitrogens with two attached hydrogens (primary N) is 1. The maximum absolute atomic E-state index is 12.1. The van der Waals surface area contributed by atoms with Gasteiger partial charge in [-0.15, -0.1) is 0 Å². The third-order valence-electron chi connectivity index (χ3n) is 2.85. The van der Waals surface area contributed by atoms with Gasteiger partial charge in [-0.2, -0.15) is 0 Å². The topological polar surface area (TPSA) is 91.4 Å². The molecule has 0 aliphatic rings. The zero-order chi connectivity index (χ0) is 14.7. The van der Waals surface area contributed by atoms with Gasteiger partial charge in [0.25, 0.3) is 5.91 Å². The van der Waals surface area contributed by atoms with E-state index in [2.05, 4.69) is 10.3 Å². The van der Waals surface area contributed by atoms with Crippen molar-refractivity contribution in [1.82, 2.24) is 9.55 Å². The van der Waals surface area contributed by atoms with Crippen LogP contribution in [0.3, 0.4) is 0 Å². The van der Waals surface area contributed by atoms with Gasteiger partial charge in [-0.05, 0) is 0 Å². The second-order valence-corrected chi connectivity index (χ2v) is 4.14. The molecule has 0 bridgehead atoms. The van der Waals surface area contributed by atoms with E-state index in [0.717, 1.165) is 0 Å². The summed E-state index contributed by atoms with van der Waals surface area (Å²) in [4.78, 5) is 16.0. The molecule has 1 heterocycles. The first-order chi connectivity index (χ1) is 9.56. The number of ether oxygens (including phenoxy) is 2. The van der Waals surface area contributed by atoms with Crippen molar-refractivity contribution < 1.29 is 14.3 Å². The highest BCUT2D eigenvalue weighted by Gasteiger charge is 2.14. The molecule has 0 atom stereocenters. The van der Waals surface area contributed by atoms with Gasteiger partial charge < -0.3 is 25.1 Å². The molecular weight excluding hydrogens is 260 g/mol. The molecule has 0 radical (unpaired) electrons. The van der Waals surface area contributed by atoms with E-state index < -0.39 is 0 Å². The van der Waals surface area contributed by atoms with Gasteiger partial charge in [-0.25, -0.2) is 4.98 Å². The van der Waals surface area contributed by atoms with Gasteiger partial charge in [0.15, 0.2) is 11.5 Å². The molecule has 7 nitrogen and oxygen atoms in total. The van der Waals surface area contributed by atoms with E-state index >= 15 is 0 Å². The number of aromatic nitrogens is 2. The zero-order valence-electron chi connectivity index (χ0n) is 11.5. The molecule has 2 rings (SSSR count). The molecule has 1 amide bonds. The van der Waals surface area contributed by atoms with Crippen LogP contribution in [0.25, 0.3) is 0 Å². The van der Waals surface area contributed by atoms with Crippen molar-refractivity contribution in [3.8, 4) is 11.5 Å². The Kier molecular flexibility index (Phi) is 3.79. The number of rotatable bonds is 4. The van der Waals surface area contributed by atoms with Crippen LogP contribution in [0.5, 0.6) is 11.5 Å². The zero-order valence-corrected chi connectivity index (χ0v) is 11.5. The Labute approximate surface area is 116 Å². The molecular formula is C13H16N4O3. The average molecular weight is 276 g/mol. The van der Waals surface area contributed by atoms with E-state index in [9.17, 15) is 4.79 Å². The summed E-state index contributed by atoms with van der Waals surface area (Å²) in [5.74, 6) is 0.689. The lowest BCUT2D eigenvalue weighted by atomic mass is 10.2. The maximum atomic E-state index is 12.1. The van der Waals surface area contributed by atoms with Crippen LogP contribution in [0.2, 0.25) is 0 Å². The van der Waals surface area contributed by atoms with Crippen molar-refractivity contribution in [1.29, 1.82) is 0 Å². The predicted octanol–water partition coefficient (Wildman–Crippen LogP) is 1.27. The smallest absolute Gasteiger partial charge is 0.273 e. The van der Waals surface area contributed by atoms with Gasteiger partial charge in [0.2, 0.25) is 0 Å². The molecule has 1 aromatic heterocycles. The number of anilines is 2. The number of carbonyl (C=O) groups is 1. The van der Waals surface area contributed by atoms with Crippen LogP contribution >= 0.6 is 0 Å². The second-order valence-electron chi connectivity index (χ2n) is 4.14. The van der Waals surface area contributed by atoms with Crippen LogP contribution in [0.1, 0.15) is 10.5 Å². The fraction of sp³-hybridized carbons (Fsp3) is 0.231. The van der Waals surface area contributed by atoms with Gasteiger partial charge in [-0.3, -0.25) is 4.79 Å². The summed E-state index contributed by atoms with van der Waals surface area (Å²) in [6.07, 6.45) is 3.03. The van der Waals surface area contributed by atoms with Crippen molar-refractivity contribution in [3.05, 3.63) is 30.4 Å². The van der Waals surface area contributed by atoms with Gasteiger partial charge in [0.05, 0.1) is 38.1 Å². The summed E-state index contributed by atoms with van der Waals surface area (Å²) in [6, 6.07) is 3.21. The van der Waals surface area contributed by atoms with Crippen molar-refractivity contribution in [3.63, 3.8) is 0 Å². The molecule has 1 aromatic carbocycles. The van der Waals surface area contributed by atoms with Crippen LogP contribution in [-0.2, 0) is 7.05 Å². The Balaban J connectivity index is 2.30. The highest BCUT2D eigenvalue weighted by Crippen LogP contribution is 2.34. The summed E-state index contributed by atoms with van der Waals surface area (Å²) in [7, 11) is 4.77. The first-order valence-electron chi connectivity index (χ1n) is 5.86. The minimum absolute atomic E-state index is 0.302. The number of nitrogens with zero attached hydrogens (tertiary/aromatic N) is 2. The average Bonchev–Trinajstić information content (AvgIpc) is 2.86. The van der Waals surface area contributed by atoms with Gasteiger partial charge in [-0.1, -0.05) is 0 Å². The third-order valence-corrected chi connectivity index (χ3v) is 2.85. The number of aryl methyl sites for hydroxylation is 1. The van der Waals surface area contributed by atoms with E-state index in [-0.39, 0.29) is 5.91 Å². The largest absolute Gasteiger partial charge is 0.493 e. The second kappa shape index (κ2) is 5.52. The number of hydrogen-bond acceptors (Lipinski definition) is 5. The first-order valence-corrected chi connectivity index (χ1v) is 5.86. The van der Waals surface area contributed by atoms with Crippen LogP contribution in [-0.4, -0.2) is 29.7 Å². The maximum Gasteiger partial charge on any atom is 0.273 e. The van der Waals surface area contributed by atoms with Crippen LogP contribution in [0.15, 0.2) is 24.7 Å². The standard InChI is InChI=1S/C13H16N4O3/c1-17-7-15-6-10(17)13(18)16-9-5-12(20-3)11(19-2)4-8(9)14/h4-7H,14H2,1-3H3,(H,16,18). The summed E-state index contributed by atoms with van der Waals surface area (Å²) < 4.78 is 11.9. The van der Waals surface area contributed by atoms with E-state index in [1.165, 1.54) is 20.4 Å². The number of carbonyl (C=O) groups excluding carboxylic acids is 1. The number of nitrogen functional groups attached to an aromatic ring is 1. The van der Waals surface area contributed by atoms with Crippen molar-refractivity contribution in [2.45, 2.75) is 0 Å². The van der Waals surface area contributed by atoms with Gasteiger partial charge in [0.1, 0.15) is 5.69 Å². The third kappa shape index (κ3) is 2.51. The summed E-state index contributed by atoms with van der Waals surface area (Å²) in [5, 5.41) is 2.72. The van der Waals surface area contributed by atoms with Crippen LogP contribution in [0.4, 0.5) is 11.4 Å². The molecule has 0 unspecified atom stereocenters. The van der Waals surface area contributed by atoms with Gasteiger partial charge in [0, 0.05) is 19.2 Å². The molecule has 2 aromatic rings. The van der Waals surface area contributed by atoms with Crippen molar-refractivity contribution in [2.75, 3.05) is 25.3 Å². The Morgan fingerprint density at radius 2 is 1.95 bits per heavy atom. The SMILES string of the molecule is COc1cc(N)c(NC(=O)c2cncn2C)cc1OC. The first kappa shape index (κ1) is 13.7. The van der Waals surface area contributed by atoms with E-state index in [1.54, 1.807) is 30.1 Å². The van der Waals surface area contributed by atoms with E-state index in [1.807, 2.05) is 0 Å². The van der Waals surface area contributed by atoms with Crippen LogP contribution < -0.4 is 20.5 Å². The predicted molar refractivity (Wildman–Crippen MR) is 75.1 cm³/mol. The number of imidazole rings is 1. The minimum Gasteiger partial charge on any atom is -0.493 e. The lowest BCUT2D eigenvalue weighted by Gasteiger charge is -2.13. The monoisotopic (exact) mass is 276 g/mol. The number of benzene rings is 1.